The Kier molecular flexibility index (Phi) is 5.67. The van der Waals surface area contributed by atoms with Crippen LogP contribution >= 0.6 is 11.3 Å². The predicted octanol–water partition coefficient (Wildman–Crippen LogP) is 1.35. The van der Waals surface area contributed by atoms with Gasteiger partial charge in [-0.25, -0.2) is 18.1 Å². The smallest absolute Gasteiger partial charge is 0.248 e. The standard InChI is InChI=1S/C16H21N3O4S2/c1-25(21,22)18-12-6-8-19(9-7-12)16(20)11-23-10-15-17-13-4-2-3-5-14(13)24-15/h2-5,12,18H,6-11H2,1H3. The Morgan fingerprint density at radius 2 is 2.08 bits per heavy atom. The molecule has 1 aromatic carbocycles. The van der Waals surface area contributed by atoms with Crippen LogP contribution < -0.4 is 4.72 Å². The highest BCUT2D eigenvalue weighted by molar-refractivity contribution is 7.88. The molecule has 2 heterocycles. The third-order valence-corrected chi connectivity index (χ3v) is 5.79. The van der Waals surface area contributed by atoms with Crippen LogP contribution in [0.1, 0.15) is 17.8 Å². The number of nitrogens with one attached hydrogen (secondary N) is 1. The fourth-order valence-electron chi connectivity index (χ4n) is 2.85. The van der Waals surface area contributed by atoms with E-state index in [1.165, 1.54) is 0 Å². The number of amides is 1. The summed E-state index contributed by atoms with van der Waals surface area (Å²) in [7, 11) is -3.20. The minimum absolute atomic E-state index is 0.0140. The number of carbonyl (C=O) groups excluding carboxylic acids is 1. The maximum Gasteiger partial charge on any atom is 0.248 e. The number of carbonyl (C=O) groups is 1. The van der Waals surface area contributed by atoms with E-state index in [1.54, 1.807) is 16.2 Å². The lowest BCUT2D eigenvalue weighted by atomic mass is 10.1. The molecule has 1 aliphatic heterocycles. The van der Waals surface area contributed by atoms with Crippen LogP contribution in [0.4, 0.5) is 0 Å². The van der Waals surface area contributed by atoms with Crippen LogP contribution in [0.5, 0.6) is 0 Å². The molecule has 0 spiro atoms. The number of para-hydroxylation sites is 1. The zero-order valence-electron chi connectivity index (χ0n) is 14.0. The Balaban J connectivity index is 1.42. The quantitative estimate of drug-likeness (QED) is 0.813. The average Bonchev–Trinajstić information content (AvgIpc) is 2.96. The topological polar surface area (TPSA) is 88.6 Å². The van der Waals surface area contributed by atoms with Gasteiger partial charge in [0.1, 0.15) is 11.6 Å². The summed E-state index contributed by atoms with van der Waals surface area (Å²) in [5.41, 5.74) is 0.942. The van der Waals surface area contributed by atoms with Gasteiger partial charge in [-0.3, -0.25) is 4.79 Å². The van der Waals surface area contributed by atoms with Crippen molar-refractivity contribution in [1.29, 1.82) is 0 Å². The molecule has 0 atom stereocenters. The van der Waals surface area contributed by atoms with Gasteiger partial charge < -0.3 is 9.64 Å². The van der Waals surface area contributed by atoms with Crippen molar-refractivity contribution in [3.05, 3.63) is 29.3 Å². The highest BCUT2D eigenvalue weighted by Crippen LogP contribution is 2.22. The van der Waals surface area contributed by atoms with E-state index < -0.39 is 10.0 Å². The van der Waals surface area contributed by atoms with Crippen LogP contribution in [0.15, 0.2) is 24.3 Å². The number of aromatic nitrogens is 1. The van der Waals surface area contributed by atoms with Crippen molar-refractivity contribution in [1.82, 2.24) is 14.6 Å². The number of rotatable bonds is 6. The van der Waals surface area contributed by atoms with Crippen LogP contribution in [0.3, 0.4) is 0 Å². The van der Waals surface area contributed by atoms with Gasteiger partial charge in [-0.2, -0.15) is 0 Å². The van der Waals surface area contributed by atoms with E-state index in [0.29, 0.717) is 32.5 Å². The maximum absolute atomic E-state index is 12.2. The second kappa shape index (κ2) is 7.77. The predicted molar refractivity (Wildman–Crippen MR) is 96.9 cm³/mol. The number of likely N-dealkylation sites (tertiary alicyclic amines) is 1. The average molecular weight is 383 g/mol. The highest BCUT2D eigenvalue weighted by atomic mass is 32.2. The van der Waals surface area contributed by atoms with Crippen LogP contribution in [-0.2, 0) is 26.2 Å². The van der Waals surface area contributed by atoms with Crippen LogP contribution in [0, 0.1) is 0 Å². The fourth-order valence-corrected chi connectivity index (χ4v) is 4.59. The number of benzene rings is 1. The van der Waals surface area contributed by atoms with Gasteiger partial charge in [0, 0.05) is 19.1 Å². The maximum atomic E-state index is 12.2. The van der Waals surface area contributed by atoms with Crippen molar-refractivity contribution in [2.45, 2.75) is 25.5 Å². The molecule has 1 saturated heterocycles. The molecular formula is C16H21N3O4S2. The molecule has 1 N–H and O–H groups in total. The lowest BCUT2D eigenvalue weighted by Crippen LogP contribution is -2.47. The van der Waals surface area contributed by atoms with Gasteiger partial charge in [-0.1, -0.05) is 12.1 Å². The first-order valence-electron chi connectivity index (χ1n) is 8.08. The molecule has 0 saturated carbocycles. The van der Waals surface area contributed by atoms with Crippen molar-refractivity contribution in [2.24, 2.45) is 0 Å². The highest BCUT2D eigenvalue weighted by Gasteiger charge is 2.24. The molecule has 1 fully saturated rings. The van der Waals surface area contributed by atoms with Crippen molar-refractivity contribution in [3.63, 3.8) is 0 Å². The summed E-state index contributed by atoms with van der Waals surface area (Å²) in [5.74, 6) is -0.0704. The summed E-state index contributed by atoms with van der Waals surface area (Å²) < 4.78 is 31.7. The molecule has 2 aromatic rings. The summed E-state index contributed by atoms with van der Waals surface area (Å²) in [6.07, 6.45) is 2.40. The zero-order valence-corrected chi connectivity index (χ0v) is 15.6. The number of hydrogen-bond donors (Lipinski definition) is 1. The molecule has 1 aromatic heterocycles. The molecule has 3 rings (SSSR count). The third kappa shape index (κ3) is 5.21. The third-order valence-electron chi connectivity index (χ3n) is 4.02. The number of nitrogens with zero attached hydrogens (tertiary/aromatic N) is 2. The Hall–Kier alpha value is -1.55. The van der Waals surface area contributed by atoms with Gasteiger partial charge in [0.15, 0.2) is 0 Å². The van der Waals surface area contributed by atoms with Gasteiger partial charge in [0.2, 0.25) is 15.9 Å². The molecule has 0 bridgehead atoms. The van der Waals surface area contributed by atoms with Crippen molar-refractivity contribution >= 4 is 37.5 Å². The SMILES string of the molecule is CS(=O)(=O)NC1CCN(C(=O)COCc2nc3ccccc3s2)CC1. The zero-order chi connectivity index (χ0) is 17.9. The van der Waals surface area contributed by atoms with E-state index in [2.05, 4.69) is 9.71 Å². The van der Waals surface area contributed by atoms with Crippen LogP contribution in [0.25, 0.3) is 10.2 Å². The Labute approximate surface area is 151 Å². The van der Waals surface area contributed by atoms with Gasteiger partial charge >= 0.3 is 0 Å². The number of fused-ring (bicyclic) bond motifs is 1. The van der Waals surface area contributed by atoms with Crippen molar-refractivity contribution in [3.8, 4) is 0 Å². The summed E-state index contributed by atoms with van der Waals surface area (Å²) in [4.78, 5) is 18.4. The number of hydrogen-bond acceptors (Lipinski definition) is 6. The lowest BCUT2D eigenvalue weighted by molar-refractivity contribution is -0.137. The first-order valence-corrected chi connectivity index (χ1v) is 10.8. The van der Waals surface area contributed by atoms with Crippen molar-refractivity contribution < 1.29 is 17.9 Å². The molecule has 136 valence electrons. The normalized spacial score (nSPS) is 16.4. The number of thiazole rings is 1. The fraction of sp³-hybridized carbons (Fsp3) is 0.500. The van der Waals surface area contributed by atoms with E-state index in [4.69, 9.17) is 4.74 Å². The van der Waals surface area contributed by atoms with E-state index in [9.17, 15) is 13.2 Å². The summed E-state index contributed by atoms with van der Waals surface area (Å²) in [5, 5.41) is 0.852. The lowest BCUT2D eigenvalue weighted by Gasteiger charge is -2.31. The van der Waals surface area contributed by atoms with Crippen LogP contribution in [-0.4, -0.2) is 56.2 Å². The van der Waals surface area contributed by atoms with Crippen molar-refractivity contribution in [2.75, 3.05) is 26.0 Å². The summed E-state index contributed by atoms with van der Waals surface area (Å²) >= 11 is 1.56. The molecule has 0 unspecified atom stereocenters. The number of ether oxygens (including phenoxy) is 1. The minimum atomic E-state index is -3.20. The van der Waals surface area contributed by atoms with E-state index in [1.807, 2.05) is 24.3 Å². The first-order chi connectivity index (χ1) is 11.9. The Bertz CT molecular complexity index is 809. The molecule has 0 aliphatic carbocycles. The Morgan fingerprint density at radius 3 is 2.76 bits per heavy atom. The number of piperidine rings is 1. The Morgan fingerprint density at radius 1 is 1.36 bits per heavy atom. The second-order valence-corrected chi connectivity index (χ2v) is 9.01. The van der Waals surface area contributed by atoms with Gasteiger partial charge in [0.25, 0.3) is 0 Å². The molecule has 1 amide bonds. The van der Waals surface area contributed by atoms with Crippen LogP contribution in [0.2, 0.25) is 0 Å². The molecular weight excluding hydrogens is 362 g/mol. The number of sulfonamides is 1. The molecule has 7 nitrogen and oxygen atoms in total. The summed E-state index contributed by atoms with van der Waals surface area (Å²) in [6.45, 7) is 1.41. The minimum Gasteiger partial charge on any atom is -0.364 e. The first kappa shape index (κ1) is 18.2. The second-order valence-electron chi connectivity index (χ2n) is 6.11. The van der Waals surface area contributed by atoms with E-state index in [-0.39, 0.29) is 18.6 Å². The summed E-state index contributed by atoms with van der Waals surface area (Å²) in [6, 6.07) is 7.78. The van der Waals surface area contributed by atoms with E-state index in [0.717, 1.165) is 21.5 Å². The van der Waals surface area contributed by atoms with E-state index >= 15 is 0 Å². The molecule has 1 aliphatic rings. The molecule has 25 heavy (non-hydrogen) atoms. The largest absolute Gasteiger partial charge is 0.364 e. The molecule has 0 radical (unpaired) electrons. The van der Waals surface area contributed by atoms with Gasteiger partial charge in [-0.15, -0.1) is 11.3 Å². The van der Waals surface area contributed by atoms with Gasteiger partial charge in [-0.05, 0) is 25.0 Å². The van der Waals surface area contributed by atoms with Gasteiger partial charge in [0.05, 0.1) is 23.1 Å². The monoisotopic (exact) mass is 383 g/mol. The molecule has 9 heteroatoms.